The number of piperidine rings is 1. The summed E-state index contributed by atoms with van der Waals surface area (Å²) in [6.07, 6.45) is 6.69. The van der Waals surface area contributed by atoms with Gasteiger partial charge in [-0.25, -0.2) is 9.97 Å². The maximum absolute atomic E-state index is 5.05. The molecule has 0 spiro atoms. The molecular weight excluding hydrogens is 372 g/mol. The van der Waals surface area contributed by atoms with Crippen molar-refractivity contribution in [1.82, 2.24) is 24.7 Å². The predicted molar refractivity (Wildman–Crippen MR) is 117 cm³/mol. The number of fused-ring (bicyclic) bond motifs is 1. The van der Waals surface area contributed by atoms with E-state index in [0.717, 1.165) is 59.9 Å². The number of benzene rings is 2. The normalized spacial score (nSPS) is 19.3. The lowest BCUT2D eigenvalue weighted by Gasteiger charge is -2.34. The zero-order valence-electron chi connectivity index (χ0n) is 16.9. The van der Waals surface area contributed by atoms with E-state index >= 15 is 0 Å². The molecule has 1 saturated carbocycles. The highest BCUT2D eigenvalue weighted by Crippen LogP contribution is 2.39. The van der Waals surface area contributed by atoms with Crippen LogP contribution in [0.25, 0.3) is 22.3 Å². The van der Waals surface area contributed by atoms with Crippen molar-refractivity contribution in [2.75, 3.05) is 18.0 Å². The summed E-state index contributed by atoms with van der Waals surface area (Å²) in [5.74, 6) is 3.34. The monoisotopic (exact) mass is 396 g/mol. The third-order valence-corrected chi connectivity index (χ3v) is 6.24. The first-order chi connectivity index (χ1) is 14.9. The molecule has 6 rings (SSSR count). The molecule has 3 heterocycles. The molecule has 6 heteroatoms. The molecule has 0 amide bonds. The first-order valence-corrected chi connectivity index (χ1v) is 10.8. The van der Waals surface area contributed by atoms with Crippen LogP contribution in [-0.4, -0.2) is 37.8 Å². The maximum Gasteiger partial charge on any atom is 0.162 e. The summed E-state index contributed by atoms with van der Waals surface area (Å²) in [6.45, 7) is 1.92. The zero-order chi connectivity index (χ0) is 19.9. The summed E-state index contributed by atoms with van der Waals surface area (Å²) < 4.78 is 2.31. The van der Waals surface area contributed by atoms with Crippen LogP contribution in [0.3, 0.4) is 0 Å². The molecule has 1 atom stereocenters. The lowest BCUT2D eigenvalue weighted by Crippen LogP contribution is -2.36. The number of rotatable bonds is 4. The van der Waals surface area contributed by atoms with Crippen molar-refractivity contribution in [1.29, 1.82) is 0 Å². The fraction of sp³-hybridized carbons (Fsp3) is 0.333. The van der Waals surface area contributed by atoms with E-state index in [-0.39, 0.29) is 0 Å². The number of hydrogen-bond donors (Lipinski definition) is 0. The average Bonchev–Trinajstić information content (AvgIpc) is 3.55. The van der Waals surface area contributed by atoms with Gasteiger partial charge in [0.25, 0.3) is 0 Å². The maximum atomic E-state index is 5.05. The van der Waals surface area contributed by atoms with E-state index in [2.05, 4.69) is 50.0 Å². The average molecular weight is 396 g/mol. The molecule has 2 aromatic carbocycles. The highest BCUT2D eigenvalue weighted by Gasteiger charge is 2.32. The van der Waals surface area contributed by atoms with Crippen LogP contribution in [0.4, 0.5) is 5.82 Å². The third-order valence-electron chi connectivity index (χ3n) is 6.24. The van der Waals surface area contributed by atoms with Gasteiger partial charge >= 0.3 is 0 Å². The van der Waals surface area contributed by atoms with E-state index in [1.54, 1.807) is 0 Å². The van der Waals surface area contributed by atoms with Crippen LogP contribution < -0.4 is 4.90 Å². The van der Waals surface area contributed by atoms with Crippen LogP contribution in [0.15, 0.2) is 60.9 Å². The summed E-state index contributed by atoms with van der Waals surface area (Å²) >= 11 is 0. The Balaban J connectivity index is 1.40. The summed E-state index contributed by atoms with van der Waals surface area (Å²) in [5.41, 5.74) is 2.04. The van der Waals surface area contributed by atoms with E-state index < -0.39 is 0 Å². The van der Waals surface area contributed by atoms with Crippen LogP contribution >= 0.6 is 0 Å². The fourth-order valence-electron chi connectivity index (χ4n) is 4.58. The van der Waals surface area contributed by atoms with Gasteiger partial charge in [-0.3, -0.25) is 0 Å². The zero-order valence-corrected chi connectivity index (χ0v) is 16.9. The Labute approximate surface area is 175 Å². The standard InChI is InChI=1S/C24H24N6/c1-2-7-17(8-3-1)22-26-21-11-5-4-10-20(21)24(27-22)29-14-6-9-18(15-29)23-28-25-16-30(23)19-12-13-19/h1-5,7-8,10-11,16,18-19H,6,9,12-15H2. The molecule has 2 aliphatic rings. The minimum absolute atomic E-state index is 0.385. The Morgan fingerprint density at radius 3 is 2.57 bits per heavy atom. The Morgan fingerprint density at radius 2 is 1.70 bits per heavy atom. The van der Waals surface area contributed by atoms with Crippen LogP contribution in [-0.2, 0) is 0 Å². The third kappa shape index (κ3) is 3.12. The molecule has 2 fully saturated rings. The molecule has 1 aliphatic heterocycles. The molecule has 6 nitrogen and oxygen atoms in total. The molecule has 0 radical (unpaired) electrons. The lowest BCUT2D eigenvalue weighted by atomic mass is 9.96. The summed E-state index contributed by atoms with van der Waals surface area (Å²) in [6, 6.07) is 19.2. The van der Waals surface area contributed by atoms with Crippen molar-refractivity contribution in [2.45, 2.75) is 37.6 Å². The van der Waals surface area contributed by atoms with Gasteiger partial charge in [-0.2, -0.15) is 0 Å². The molecule has 2 aromatic heterocycles. The molecule has 1 saturated heterocycles. The molecule has 1 aliphatic carbocycles. The van der Waals surface area contributed by atoms with Crippen molar-refractivity contribution < 1.29 is 0 Å². The van der Waals surface area contributed by atoms with Gasteiger partial charge in [-0.05, 0) is 37.8 Å². The molecule has 0 N–H and O–H groups in total. The smallest absolute Gasteiger partial charge is 0.162 e. The van der Waals surface area contributed by atoms with E-state index in [0.29, 0.717) is 12.0 Å². The van der Waals surface area contributed by atoms with Gasteiger partial charge in [-0.1, -0.05) is 42.5 Å². The molecule has 1 unspecified atom stereocenters. The van der Waals surface area contributed by atoms with Crippen molar-refractivity contribution >= 4 is 16.7 Å². The van der Waals surface area contributed by atoms with Crippen molar-refractivity contribution in [3.8, 4) is 11.4 Å². The van der Waals surface area contributed by atoms with Gasteiger partial charge < -0.3 is 9.47 Å². The van der Waals surface area contributed by atoms with E-state index in [4.69, 9.17) is 9.97 Å². The Bertz CT molecular complexity index is 1180. The SMILES string of the molecule is c1ccc(-c2nc(N3CCCC(c4nncn4C4CC4)C3)c3ccccc3n2)cc1. The Kier molecular flexibility index (Phi) is 4.22. The van der Waals surface area contributed by atoms with Crippen LogP contribution in [0.5, 0.6) is 0 Å². The fourth-order valence-corrected chi connectivity index (χ4v) is 4.58. The van der Waals surface area contributed by atoms with Gasteiger partial charge in [0.05, 0.1) is 5.52 Å². The second-order valence-corrected chi connectivity index (χ2v) is 8.37. The number of nitrogens with zero attached hydrogens (tertiary/aromatic N) is 6. The van der Waals surface area contributed by atoms with Gasteiger partial charge in [0.2, 0.25) is 0 Å². The van der Waals surface area contributed by atoms with Crippen LogP contribution in [0, 0.1) is 0 Å². The van der Waals surface area contributed by atoms with Gasteiger partial charge in [-0.15, -0.1) is 10.2 Å². The predicted octanol–water partition coefficient (Wildman–Crippen LogP) is 4.61. The summed E-state index contributed by atoms with van der Waals surface area (Å²) in [7, 11) is 0. The largest absolute Gasteiger partial charge is 0.355 e. The quantitative estimate of drug-likeness (QED) is 0.504. The lowest BCUT2D eigenvalue weighted by molar-refractivity contribution is 0.470. The van der Waals surface area contributed by atoms with Crippen molar-refractivity contribution in [2.24, 2.45) is 0 Å². The van der Waals surface area contributed by atoms with Gasteiger partial charge in [0, 0.05) is 36.0 Å². The molecule has 0 bridgehead atoms. The number of anilines is 1. The second-order valence-electron chi connectivity index (χ2n) is 8.37. The topological polar surface area (TPSA) is 59.7 Å². The minimum Gasteiger partial charge on any atom is -0.355 e. The van der Waals surface area contributed by atoms with E-state index in [1.807, 2.05) is 30.6 Å². The number of aromatic nitrogens is 5. The highest BCUT2D eigenvalue weighted by atomic mass is 15.3. The van der Waals surface area contributed by atoms with E-state index in [1.165, 1.54) is 12.8 Å². The van der Waals surface area contributed by atoms with Crippen LogP contribution in [0.1, 0.15) is 43.5 Å². The number of hydrogen-bond acceptors (Lipinski definition) is 5. The molecular formula is C24H24N6. The van der Waals surface area contributed by atoms with Crippen LogP contribution in [0.2, 0.25) is 0 Å². The Hall–Kier alpha value is -3.28. The first kappa shape index (κ1) is 17.6. The van der Waals surface area contributed by atoms with Crippen molar-refractivity contribution in [3.05, 3.63) is 66.7 Å². The van der Waals surface area contributed by atoms with E-state index in [9.17, 15) is 0 Å². The Morgan fingerprint density at radius 1 is 0.867 bits per heavy atom. The molecule has 30 heavy (non-hydrogen) atoms. The molecule has 150 valence electrons. The number of para-hydroxylation sites is 1. The minimum atomic E-state index is 0.385. The van der Waals surface area contributed by atoms with Gasteiger partial charge in [0.15, 0.2) is 5.82 Å². The summed E-state index contributed by atoms with van der Waals surface area (Å²) in [5, 5.41) is 9.85. The molecule has 4 aromatic rings. The second kappa shape index (κ2) is 7.20. The van der Waals surface area contributed by atoms with Crippen molar-refractivity contribution in [3.63, 3.8) is 0 Å². The summed E-state index contributed by atoms with van der Waals surface area (Å²) in [4.78, 5) is 12.3. The highest BCUT2D eigenvalue weighted by molar-refractivity contribution is 5.91. The first-order valence-electron chi connectivity index (χ1n) is 10.8. The van der Waals surface area contributed by atoms with Gasteiger partial charge in [0.1, 0.15) is 18.0 Å².